The van der Waals surface area contributed by atoms with E-state index in [1.54, 1.807) is 6.92 Å². The molecule has 0 saturated carbocycles. The quantitative estimate of drug-likeness (QED) is 0.700. The number of alkyl halides is 3. The average Bonchev–Trinajstić information content (AvgIpc) is 3.16. The second kappa shape index (κ2) is 5.67. The van der Waals surface area contributed by atoms with Gasteiger partial charge in [0.1, 0.15) is 0 Å². The first-order valence-corrected chi connectivity index (χ1v) is 8.58. The molecule has 125 valence electrons. The summed E-state index contributed by atoms with van der Waals surface area (Å²) in [6.07, 6.45) is -3.37. The van der Waals surface area contributed by atoms with Gasteiger partial charge in [-0.05, 0) is 13.0 Å². The van der Waals surface area contributed by atoms with Gasteiger partial charge in [0.25, 0.3) is 0 Å². The number of benzene rings is 1. The van der Waals surface area contributed by atoms with Gasteiger partial charge in [0.2, 0.25) is 20.0 Å². The summed E-state index contributed by atoms with van der Waals surface area (Å²) in [7, 11) is -3.93. The Labute approximate surface area is 137 Å². The Hall–Kier alpha value is -2.27. The molecule has 2 aromatic heterocycles. The standard InChI is InChI=1S/C13H7F3N3O3S2/c1-7-6-17-12(23-7)24(20,21)9-4-2-3-8(5-9)10-18-11(22-19-10)13(14,15)16/h2-3,5-6H,1H3. The van der Waals surface area contributed by atoms with Crippen LogP contribution < -0.4 is 0 Å². The van der Waals surface area contributed by atoms with Crippen LogP contribution in [-0.4, -0.2) is 23.5 Å². The second-order valence-corrected chi connectivity index (χ2v) is 7.93. The van der Waals surface area contributed by atoms with Crippen molar-refractivity contribution in [3.05, 3.63) is 41.2 Å². The summed E-state index contributed by atoms with van der Waals surface area (Å²) in [5.41, 5.74) is 0.0554. The molecule has 0 N–H and O–H groups in total. The number of rotatable bonds is 3. The molecule has 2 heterocycles. The third-order valence-corrected chi connectivity index (χ3v) is 5.82. The van der Waals surface area contributed by atoms with Crippen LogP contribution in [-0.2, 0) is 16.0 Å². The van der Waals surface area contributed by atoms with Crippen LogP contribution in [0.3, 0.4) is 0 Å². The number of thiazole rings is 1. The molecule has 0 aliphatic heterocycles. The minimum absolute atomic E-state index is 0.0554. The number of aromatic nitrogens is 3. The molecule has 0 fully saturated rings. The SMILES string of the molecule is Cc1cnc(S(=O)(=O)c2[c]ccc(-c3noc(C(F)(F)F)n3)c2)s1. The van der Waals surface area contributed by atoms with Crippen LogP contribution in [0.4, 0.5) is 13.2 Å². The van der Waals surface area contributed by atoms with Gasteiger partial charge >= 0.3 is 12.1 Å². The zero-order chi connectivity index (χ0) is 17.5. The first-order valence-electron chi connectivity index (χ1n) is 6.28. The van der Waals surface area contributed by atoms with Crippen molar-refractivity contribution in [3.8, 4) is 11.4 Å². The Kier molecular flexibility index (Phi) is 3.92. The molecule has 0 unspecified atom stereocenters. The lowest BCUT2D eigenvalue weighted by molar-refractivity contribution is -0.159. The molecule has 0 aliphatic rings. The number of hydrogen-bond donors (Lipinski definition) is 0. The monoisotopic (exact) mass is 374 g/mol. The summed E-state index contributed by atoms with van der Waals surface area (Å²) in [6.45, 7) is 1.70. The summed E-state index contributed by atoms with van der Waals surface area (Å²) in [6, 6.07) is 6.24. The highest BCUT2D eigenvalue weighted by Gasteiger charge is 2.38. The molecule has 24 heavy (non-hydrogen) atoms. The average molecular weight is 374 g/mol. The maximum atomic E-state index is 12.5. The van der Waals surface area contributed by atoms with Gasteiger partial charge in [0, 0.05) is 22.7 Å². The molecular weight excluding hydrogens is 367 g/mol. The molecule has 0 spiro atoms. The molecule has 0 amide bonds. The summed E-state index contributed by atoms with van der Waals surface area (Å²) < 4.78 is 66.5. The number of nitrogens with zero attached hydrogens (tertiary/aromatic N) is 3. The lowest BCUT2D eigenvalue weighted by atomic mass is 10.2. The van der Waals surface area contributed by atoms with Gasteiger partial charge in [0.05, 0.1) is 4.90 Å². The van der Waals surface area contributed by atoms with E-state index < -0.39 is 21.9 Å². The molecule has 3 rings (SSSR count). The van der Waals surface area contributed by atoms with Gasteiger partial charge in [-0.3, -0.25) is 0 Å². The Morgan fingerprint density at radius 2 is 2.08 bits per heavy atom. The lowest BCUT2D eigenvalue weighted by Gasteiger charge is -2.02. The summed E-state index contributed by atoms with van der Waals surface area (Å²) in [5.74, 6) is -1.88. The highest BCUT2D eigenvalue weighted by atomic mass is 32.2. The van der Waals surface area contributed by atoms with E-state index in [4.69, 9.17) is 0 Å². The van der Waals surface area contributed by atoms with Crippen molar-refractivity contribution in [1.82, 2.24) is 15.1 Å². The third kappa shape index (κ3) is 3.04. The molecule has 0 atom stereocenters. The molecule has 1 aromatic carbocycles. The minimum Gasteiger partial charge on any atom is -0.329 e. The molecule has 3 aromatic rings. The van der Waals surface area contributed by atoms with Crippen molar-refractivity contribution in [1.29, 1.82) is 0 Å². The van der Waals surface area contributed by atoms with Gasteiger partial charge in [0.15, 0.2) is 0 Å². The number of hydrogen-bond acceptors (Lipinski definition) is 7. The molecule has 6 nitrogen and oxygen atoms in total. The van der Waals surface area contributed by atoms with Crippen molar-refractivity contribution in [2.24, 2.45) is 0 Å². The van der Waals surface area contributed by atoms with Crippen LogP contribution in [0.1, 0.15) is 10.8 Å². The molecule has 0 aliphatic carbocycles. The highest BCUT2D eigenvalue weighted by Crippen LogP contribution is 2.31. The smallest absolute Gasteiger partial charge is 0.329 e. The largest absolute Gasteiger partial charge is 0.471 e. The van der Waals surface area contributed by atoms with Crippen LogP contribution in [0, 0.1) is 13.0 Å². The molecule has 0 bridgehead atoms. The number of aryl methyl sites for hydroxylation is 1. The van der Waals surface area contributed by atoms with Crippen LogP contribution in [0.25, 0.3) is 11.4 Å². The van der Waals surface area contributed by atoms with Gasteiger partial charge in [-0.25, -0.2) is 13.4 Å². The Morgan fingerprint density at radius 1 is 1.33 bits per heavy atom. The fourth-order valence-corrected chi connectivity index (χ4v) is 4.22. The summed E-state index contributed by atoms with van der Waals surface area (Å²) in [4.78, 5) is 7.51. The van der Waals surface area contributed by atoms with E-state index in [-0.39, 0.29) is 20.6 Å². The van der Waals surface area contributed by atoms with E-state index in [0.29, 0.717) is 4.88 Å². The maximum Gasteiger partial charge on any atom is 0.471 e. The highest BCUT2D eigenvalue weighted by molar-refractivity contribution is 7.93. The van der Waals surface area contributed by atoms with E-state index in [9.17, 15) is 21.6 Å². The van der Waals surface area contributed by atoms with Gasteiger partial charge in [-0.1, -0.05) is 17.3 Å². The van der Waals surface area contributed by atoms with Gasteiger partial charge < -0.3 is 4.52 Å². The van der Waals surface area contributed by atoms with Crippen molar-refractivity contribution in [3.63, 3.8) is 0 Å². The first-order chi connectivity index (χ1) is 11.2. The van der Waals surface area contributed by atoms with Crippen LogP contribution in [0.2, 0.25) is 0 Å². The summed E-state index contributed by atoms with van der Waals surface area (Å²) >= 11 is 0.981. The van der Waals surface area contributed by atoms with Crippen molar-refractivity contribution >= 4 is 21.2 Å². The molecule has 0 saturated heterocycles. The number of halogens is 3. The van der Waals surface area contributed by atoms with Gasteiger partial charge in [-0.2, -0.15) is 18.2 Å². The predicted octanol–water partition coefficient (Wildman–Crippen LogP) is 3.15. The third-order valence-electron chi connectivity index (χ3n) is 2.82. The normalized spacial score (nSPS) is 12.5. The Bertz CT molecular complexity index is 993. The molecule has 11 heteroatoms. The topological polar surface area (TPSA) is 86.0 Å². The Balaban J connectivity index is 2.02. The van der Waals surface area contributed by atoms with E-state index in [0.717, 1.165) is 17.4 Å². The first kappa shape index (κ1) is 16.6. The van der Waals surface area contributed by atoms with Crippen LogP contribution >= 0.6 is 11.3 Å². The van der Waals surface area contributed by atoms with Gasteiger partial charge in [-0.15, -0.1) is 11.3 Å². The zero-order valence-electron chi connectivity index (χ0n) is 11.8. The number of sulfone groups is 1. The molecular formula is C13H7F3N3O3S2. The fourth-order valence-electron chi connectivity index (χ4n) is 1.75. The predicted molar refractivity (Wildman–Crippen MR) is 75.9 cm³/mol. The van der Waals surface area contributed by atoms with Crippen LogP contribution in [0.5, 0.6) is 0 Å². The fraction of sp³-hybridized carbons (Fsp3) is 0.154. The maximum absolute atomic E-state index is 12.5. The van der Waals surface area contributed by atoms with Crippen molar-refractivity contribution in [2.45, 2.75) is 22.3 Å². The van der Waals surface area contributed by atoms with Crippen molar-refractivity contribution in [2.75, 3.05) is 0 Å². The lowest BCUT2D eigenvalue weighted by Crippen LogP contribution is -2.05. The van der Waals surface area contributed by atoms with E-state index in [1.165, 1.54) is 18.3 Å². The zero-order valence-corrected chi connectivity index (χ0v) is 13.5. The van der Waals surface area contributed by atoms with Crippen LogP contribution in [0.15, 0.2) is 38.2 Å². The van der Waals surface area contributed by atoms with Crippen molar-refractivity contribution < 1.29 is 26.1 Å². The Morgan fingerprint density at radius 3 is 2.67 bits per heavy atom. The second-order valence-electron chi connectivity index (χ2n) is 4.60. The van der Waals surface area contributed by atoms with E-state index in [1.807, 2.05) is 0 Å². The summed E-state index contributed by atoms with van der Waals surface area (Å²) in [5, 5.41) is 3.23. The molecule has 1 radical (unpaired) electrons. The van der Waals surface area contributed by atoms with E-state index in [2.05, 4.69) is 25.7 Å². The minimum atomic E-state index is -4.78. The van der Waals surface area contributed by atoms with E-state index >= 15 is 0 Å².